The topological polar surface area (TPSA) is 40.5 Å². The van der Waals surface area contributed by atoms with Crippen LogP contribution in [0.4, 0.5) is 0 Å². The van der Waals surface area contributed by atoms with Crippen molar-refractivity contribution in [3.05, 3.63) is 0 Å². The lowest BCUT2D eigenvalue weighted by molar-refractivity contribution is -0.137. The van der Waals surface area contributed by atoms with Crippen LogP contribution in [-0.4, -0.2) is 37.1 Å². The summed E-state index contributed by atoms with van der Waals surface area (Å²) in [4.78, 5) is 12.0. The van der Waals surface area contributed by atoms with Crippen molar-refractivity contribution in [3.63, 3.8) is 0 Å². The summed E-state index contributed by atoms with van der Waals surface area (Å²) in [5.74, 6) is -0.369. The lowest BCUT2D eigenvalue weighted by Crippen LogP contribution is -2.02. The van der Waals surface area contributed by atoms with Gasteiger partial charge in [0.05, 0.1) is 0 Å². The number of aliphatic carboxylic acids is 1. The minimum atomic E-state index is -0.695. The first-order valence-electron chi connectivity index (χ1n) is 4.22. The van der Waals surface area contributed by atoms with E-state index >= 15 is 0 Å². The summed E-state index contributed by atoms with van der Waals surface area (Å²) in [7, 11) is 6.00. The molecule has 3 nitrogen and oxygen atoms in total. The third-order valence-electron chi connectivity index (χ3n) is 1.22. The van der Waals surface area contributed by atoms with Crippen molar-refractivity contribution in [2.45, 2.75) is 26.7 Å². The lowest BCUT2D eigenvalue weighted by atomic mass is 10.1. The highest BCUT2D eigenvalue weighted by atomic mass is 16.4. The second-order valence-electron chi connectivity index (χ2n) is 3.45. The van der Waals surface area contributed by atoms with Crippen LogP contribution in [0.5, 0.6) is 0 Å². The number of carboxylic acid groups (broad SMARTS) is 1. The molecule has 0 fully saturated rings. The second kappa shape index (κ2) is 8.53. The molecule has 74 valence electrons. The van der Waals surface area contributed by atoms with Gasteiger partial charge >= 0.3 is 5.97 Å². The Labute approximate surface area is 75.4 Å². The van der Waals surface area contributed by atoms with Crippen LogP contribution in [0.3, 0.4) is 0 Å². The van der Waals surface area contributed by atoms with E-state index in [1.807, 2.05) is 39.9 Å². The molecule has 3 heteroatoms. The number of nitrogens with zero attached hydrogens (tertiary/aromatic N) is 1. The first-order chi connectivity index (χ1) is 5.40. The Morgan fingerprint density at radius 1 is 1.42 bits per heavy atom. The molecule has 12 heavy (non-hydrogen) atoms. The lowest BCUT2D eigenvalue weighted by Gasteiger charge is -2.00. The van der Waals surface area contributed by atoms with E-state index in [-0.39, 0.29) is 0 Å². The van der Waals surface area contributed by atoms with E-state index < -0.39 is 5.97 Å². The average Bonchev–Trinajstić information content (AvgIpc) is 1.84. The summed E-state index contributed by atoms with van der Waals surface area (Å²) in [6.45, 7) is 3.93. The minimum absolute atomic E-state index is 0.302. The molecule has 0 aromatic rings. The molecule has 1 N–H and O–H groups in total. The fourth-order valence-electron chi connectivity index (χ4n) is 0.442. The average molecular weight is 175 g/mol. The predicted octanol–water partition coefficient (Wildman–Crippen LogP) is 1.69. The highest BCUT2D eigenvalue weighted by Crippen LogP contribution is 2.04. The quantitative estimate of drug-likeness (QED) is 0.709. The van der Waals surface area contributed by atoms with Crippen molar-refractivity contribution >= 4 is 5.97 Å². The van der Waals surface area contributed by atoms with E-state index in [4.69, 9.17) is 5.11 Å². The molecule has 0 heterocycles. The van der Waals surface area contributed by atoms with Gasteiger partial charge < -0.3 is 10.0 Å². The highest BCUT2D eigenvalue weighted by molar-refractivity contribution is 5.66. The molecule has 0 saturated heterocycles. The summed E-state index contributed by atoms with van der Waals surface area (Å²) in [5.41, 5.74) is 0. The molecule has 0 rings (SSSR count). The normalized spacial score (nSPS) is 11.8. The maximum absolute atomic E-state index is 9.97. The zero-order valence-electron chi connectivity index (χ0n) is 8.79. The van der Waals surface area contributed by atoms with Gasteiger partial charge in [-0.1, -0.05) is 20.3 Å². The van der Waals surface area contributed by atoms with Crippen LogP contribution in [-0.2, 0) is 4.79 Å². The van der Waals surface area contributed by atoms with Crippen LogP contribution in [0.2, 0.25) is 0 Å². The summed E-state index contributed by atoms with van der Waals surface area (Å²) < 4.78 is 0. The third kappa shape index (κ3) is 22.7. The van der Waals surface area contributed by atoms with Crippen LogP contribution in [0.25, 0.3) is 0 Å². The molecule has 0 amide bonds. The number of rotatable bonds is 3. The fourth-order valence-corrected chi connectivity index (χ4v) is 0.442. The highest BCUT2D eigenvalue weighted by Gasteiger charge is 2.02. The summed E-state index contributed by atoms with van der Waals surface area (Å²) in [5, 5.41) is 8.22. The second-order valence-corrected chi connectivity index (χ2v) is 3.45. The van der Waals surface area contributed by atoms with Gasteiger partial charge in [-0.3, -0.25) is 4.79 Å². The molecule has 0 radical (unpaired) electrons. The van der Waals surface area contributed by atoms with Gasteiger partial charge in [-0.25, -0.2) is 0 Å². The van der Waals surface area contributed by atoms with Gasteiger partial charge in [-0.15, -0.1) is 0 Å². The Bertz CT molecular complexity index is 110. The maximum Gasteiger partial charge on any atom is 0.303 e. The van der Waals surface area contributed by atoms with Gasteiger partial charge in [0.2, 0.25) is 0 Å². The molecule has 0 saturated carbocycles. The Morgan fingerprint density at radius 2 is 1.75 bits per heavy atom. The Morgan fingerprint density at radius 3 is 1.83 bits per heavy atom. The molecular weight excluding hydrogens is 154 g/mol. The van der Waals surface area contributed by atoms with Crippen LogP contribution < -0.4 is 0 Å². The molecule has 0 aromatic carbocycles. The Hall–Kier alpha value is -0.570. The Balaban J connectivity index is 0. The van der Waals surface area contributed by atoms with E-state index in [1.54, 1.807) is 0 Å². The van der Waals surface area contributed by atoms with Gasteiger partial charge in [-0.2, -0.15) is 0 Å². The fraction of sp³-hybridized carbons (Fsp3) is 0.889. The van der Waals surface area contributed by atoms with Crippen LogP contribution in [0, 0.1) is 5.92 Å². The molecule has 0 aromatic heterocycles. The first-order valence-corrected chi connectivity index (χ1v) is 4.22. The van der Waals surface area contributed by atoms with E-state index in [2.05, 4.69) is 0 Å². The number of hydrogen-bond acceptors (Lipinski definition) is 2. The third-order valence-corrected chi connectivity index (χ3v) is 1.22. The van der Waals surface area contributed by atoms with E-state index in [9.17, 15) is 4.79 Å². The van der Waals surface area contributed by atoms with Crippen molar-refractivity contribution in [3.8, 4) is 0 Å². The molecular formula is C9H21NO2. The smallest absolute Gasteiger partial charge is 0.303 e. The maximum atomic E-state index is 9.97. The van der Waals surface area contributed by atoms with Crippen molar-refractivity contribution < 1.29 is 9.90 Å². The van der Waals surface area contributed by atoms with Crippen LogP contribution >= 0.6 is 0 Å². The van der Waals surface area contributed by atoms with Crippen LogP contribution in [0.15, 0.2) is 0 Å². The number of carbonyl (C=O) groups is 1. The van der Waals surface area contributed by atoms with Crippen LogP contribution in [0.1, 0.15) is 26.7 Å². The Kier molecular flexibility index (Phi) is 9.93. The molecule has 0 bridgehead atoms. The van der Waals surface area contributed by atoms with Crippen molar-refractivity contribution in [1.82, 2.24) is 4.90 Å². The van der Waals surface area contributed by atoms with Crippen molar-refractivity contribution in [1.29, 1.82) is 0 Å². The van der Waals surface area contributed by atoms with E-state index in [0.717, 1.165) is 6.42 Å². The summed E-state index contributed by atoms with van der Waals surface area (Å²) in [6.07, 6.45) is 1.25. The van der Waals surface area contributed by atoms with E-state index in [0.29, 0.717) is 12.3 Å². The standard InChI is InChI=1S/C6H12O2.C3H9N/c1-3-5(2)4-6(7)8;1-4(2)3/h5H,3-4H2,1-2H3,(H,7,8);1-3H3. The molecule has 0 aliphatic rings. The molecule has 0 spiro atoms. The van der Waals surface area contributed by atoms with Crippen molar-refractivity contribution in [2.75, 3.05) is 21.1 Å². The zero-order valence-corrected chi connectivity index (χ0v) is 8.79. The number of hydrogen-bond donors (Lipinski definition) is 1. The first kappa shape index (κ1) is 14.0. The molecule has 0 aliphatic carbocycles. The van der Waals surface area contributed by atoms with Crippen molar-refractivity contribution in [2.24, 2.45) is 5.92 Å². The summed E-state index contributed by atoms with van der Waals surface area (Å²) >= 11 is 0. The van der Waals surface area contributed by atoms with Gasteiger partial charge in [0, 0.05) is 6.42 Å². The number of carboxylic acids is 1. The minimum Gasteiger partial charge on any atom is -0.481 e. The van der Waals surface area contributed by atoms with Gasteiger partial charge in [0.15, 0.2) is 0 Å². The van der Waals surface area contributed by atoms with Gasteiger partial charge in [-0.05, 0) is 27.1 Å². The molecule has 1 atom stereocenters. The van der Waals surface area contributed by atoms with E-state index in [1.165, 1.54) is 0 Å². The molecule has 0 aliphatic heterocycles. The monoisotopic (exact) mass is 175 g/mol. The predicted molar refractivity (Wildman–Crippen MR) is 51.3 cm³/mol. The summed E-state index contributed by atoms with van der Waals surface area (Å²) in [6, 6.07) is 0. The SMILES string of the molecule is CCC(C)CC(=O)O.CN(C)C. The largest absolute Gasteiger partial charge is 0.481 e. The molecule has 1 unspecified atom stereocenters. The zero-order chi connectivity index (χ0) is 10.1. The van der Waals surface area contributed by atoms with Gasteiger partial charge in [0.25, 0.3) is 0 Å². The van der Waals surface area contributed by atoms with Gasteiger partial charge in [0.1, 0.15) is 0 Å².